The number of amides is 1. The van der Waals surface area contributed by atoms with Gasteiger partial charge in [-0.2, -0.15) is 10.1 Å². The van der Waals surface area contributed by atoms with Crippen LogP contribution in [-0.2, 0) is 4.79 Å². The van der Waals surface area contributed by atoms with Gasteiger partial charge in [-0.3, -0.25) is 4.79 Å². The standard InChI is InChI=1S/C23H21ClN4O3/c1-14-11-21(31-13-20(29)25-18-12-16(24)9-10-19(18)30-3)26-23-22(14)15(2)27-28(23)17-7-5-4-6-8-17/h4-12H,13H2,1-3H3,(H,25,29). The normalized spacial score (nSPS) is 10.8. The van der Waals surface area contributed by atoms with Crippen LogP contribution in [0.5, 0.6) is 11.6 Å². The van der Waals surface area contributed by atoms with E-state index in [1.807, 2.05) is 44.2 Å². The number of aromatic nitrogens is 3. The van der Waals surface area contributed by atoms with E-state index in [2.05, 4.69) is 15.4 Å². The quantitative estimate of drug-likeness (QED) is 0.473. The van der Waals surface area contributed by atoms with Crippen LogP contribution in [0.15, 0.2) is 54.6 Å². The largest absolute Gasteiger partial charge is 0.495 e. The van der Waals surface area contributed by atoms with E-state index >= 15 is 0 Å². The zero-order valence-electron chi connectivity index (χ0n) is 17.3. The van der Waals surface area contributed by atoms with E-state index < -0.39 is 0 Å². The molecule has 0 radical (unpaired) electrons. The minimum Gasteiger partial charge on any atom is -0.495 e. The van der Waals surface area contributed by atoms with Crippen molar-refractivity contribution < 1.29 is 14.3 Å². The van der Waals surface area contributed by atoms with E-state index in [0.29, 0.717) is 28.0 Å². The smallest absolute Gasteiger partial charge is 0.262 e. The molecule has 2 aromatic heterocycles. The van der Waals surface area contributed by atoms with Crippen molar-refractivity contribution >= 4 is 34.2 Å². The van der Waals surface area contributed by atoms with Crippen LogP contribution in [0, 0.1) is 13.8 Å². The lowest BCUT2D eigenvalue weighted by Crippen LogP contribution is -2.21. The van der Waals surface area contributed by atoms with Gasteiger partial charge in [-0.05, 0) is 49.7 Å². The van der Waals surface area contributed by atoms with Crippen LogP contribution >= 0.6 is 11.6 Å². The van der Waals surface area contributed by atoms with Gasteiger partial charge in [-0.15, -0.1) is 0 Å². The average Bonchev–Trinajstić information content (AvgIpc) is 3.10. The second-order valence-electron chi connectivity index (χ2n) is 6.99. The van der Waals surface area contributed by atoms with Gasteiger partial charge in [0.1, 0.15) is 5.75 Å². The number of methoxy groups -OCH3 is 1. The van der Waals surface area contributed by atoms with Crippen molar-refractivity contribution in [2.45, 2.75) is 13.8 Å². The van der Waals surface area contributed by atoms with E-state index in [1.165, 1.54) is 7.11 Å². The van der Waals surface area contributed by atoms with Crippen LogP contribution in [0.2, 0.25) is 5.02 Å². The first-order valence-electron chi connectivity index (χ1n) is 9.65. The predicted molar refractivity (Wildman–Crippen MR) is 120 cm³/mol. The van der Waals surface area contributed by atoms with Crippen molar-refractivity contribution in [2.75, 3.05) is 19.0 Å². The number of hydrogen-bond donors (Lipinski definition) is 1. The summed E-state index contributed by atoms with van der Waals surface area (Å²) in [4.78, 5) is 17.0. The maximum absolute atomic E-state index is 12.4. The van der Waals surface area contributed by atoms with Crippen molar-refractivity contribution in [3.63, 3.8) is 0 Å². The molecule has 0 aliphatic heterocycles. The maximum atomic E-state index is 12.4. The summed E-state index contributed by atoms with van der Waals surface area (Å²) < 4.78 is 12.7. The number of rotatable bonds is 6. The van der Waals surface area contributed by atoms with E-state index in [4.69, 9.17) is 21.1 Å². The highest BCUT2D eigenvalue weighted by atomic mass is 35.5. The number of fused-ring (bicyclic) bond motifs is 1. The highest BCUT2D eigenvalue weighted by molar-refractivity contribution is 6.31. The zero-order valence-corrected chi connectivity index (χ0v) is 18.1. The van der Waals surface area contributed by atoms with Crippen molar-refractivity contribution in [3.05, 3.63) is 70.9 Å². The number of hydrogen-bond acceptors (Lipinski definition) is 5. The first kappa shape index (κ1) is 20.7. The SMILES string of the molecule is COc1ccc(Cl)cc1NC(=O)COc1cc(C)c2c(C)nn(-c3ccccc3)c2n1. The van der Waals surface area contributed by atoms with Gasteiger partial charge in [-0.25, -0.2) is 4.68 Å². The van der Waals surface area contributed by atoms with Crippen molar-refractivity contribution in [1.29, 1.82) is 0 Å². The molecule has 0 atom stereocenters. The zero-order chi connectivity index (χ0) is 22.0. The lowest BCUT2D eigenvalue weighted by molar-refractivity contribution is -0.118. The number of carbonyl (C=O) groups excluding carboxylic acids is 1. The summed E-state index contributed by atoms with van der Waals surface area (Å²) in [6.07, 6.45) is 0. The highest BCUT2D eigenvalue weighted by Crippen LogP contribution is 2.28. The molecule has 0 saturated heterocycles. The van der Waals surface area contributed by atoms with Gasteiger partial charge in [0, 0.05) is 16.5 Å². The molecule has 2 heterocycles. The molecule has 158 valence electrons. The third kappa shape index (κ3) is 4.32. The molecule has 1 amide bonds. The van der Waals surface area contributed by atoms with E-state index in [9.17, 15) is 4.79 Å². The predicted octanol–water partition coefficient (Wildman–Crippen LogP) is 4.72. The summed E-state index contributed by atoms with van der Waals surface area (Å²) in [5, 5.41) is 8.83. The van der Waals surface area contributed by atoms with Crippen LogP contribution in [0.25, 0.3) is 16.7 Å². The topological polar surface area (TPSA) is 78.3 Å². The Balaban J connectivity index is 1.57. The lowest BCUT2D eigenvalue weighted by Gasteiger charge is -2.11. The number of benzene rings is 2. The summed E-state index contributed by atoms with van der Waals surface area (Å²) in [7, 11) is 1.52. The van der Waals surface area contributed by atoms with Gasteiger partial charge in [-0.1, -0.05) is 29.8 Å². The van der Waals surface area contributed by atoms with Crippen molar-refractivity contribution in [3.8, 4) is 17.3 Å². The molecule has 0 aliphatic carbocycles. The molecular formula is C23H21ClN4O3. The highest BCUT2D eigenvalue weighted by Gasteiger charge is 2.16. The Labute approximate surface area is 184 Å². The summed E-state index contributed by atoms with van der Waals surface area (Å²) in [6.45, 7) is 3.70. The number of carbonyl (C=O) groups is 1. The van der Waals surface area contributed by atoms with Gasteiger partial charge in [0.05, 0.1) is 24.2 Å². The van der Waals surface area contributed by atoms with E-state index in [1.54, 1.807) is 28.9 Å². The fraction of sp³-hybridized carbons (Fsp3) is 0.174. The molecule has 0 fully saturated rings. The number of para-hydroxylation sites is 1. The number of ether oxygens (including phenoxy) is 2. The Morgan fingerprint density at radius 3 is 2.65 bits per heavy atom. The number of nitrogens with one attached hydrogen (secondary N) is 1. The Kier molecular flexibility index (Phi) is 5.77. The molecule has 1 N–H and O–H groups in total. The summed E-state index contributed by atoms with van der Waals surface area (Å²) in [6, 6.07) is 16.6. The minimum absolute atomic E-state index is 0.216. The van der Waals surface area contributed by atoms with Gasteiger partial charge in [0.25, 0.3) is 5.91 Å². The number of aryl methyl sites for hydroxylation is 2. The Bertz CT molecular complexity index is 1250. The van der Waals surface area contributed by atoms with Gasteiger partial charge in [0.2, 0.25) is 5.88 Å². The maximum Gasteiger partial charge on any atom is 0.262 e. The minimum atomic E-state index is -0.354. The summed E-state index contributed by atoms with van der Waals surface area (Å²) in [5.74, 6) is 0.499. The molecule has 31 heavy (non-hydrogen) atoms. The molecule has 4 aromatic rings. The molecule has 0 bridgehead atoms. The number of halogens is 1. The third-order valence-electron chi connectivity index (χ3n) is 4.77. The van der Waals surface area contributed by atoms with Crippen LogP contribution < -0.4 is 14.8 Å². The first-order chi connectivity index (χ1) is 15.0. The molecule has 0 aliphatic rings. The molecular weight excluding hydrogens is 416 g/mol. The Morgan fingerprint density at radius 2 is 1.90 bits per heavy atom. The second-order valence-corrected chi connectivity index (χ2v) is 7.43. The first-order valence-corrected chi connectivity index (χ1v) is 10.0. The van der Waals surface area contributed by atoms with Gasteiger partial charge < -0.3 is 14.8 Å². The van der Waals surface area contributed by atoms with Crippen LogP contribution in [0.1, 0.15) is 11.3 Å². The molecule has 0 saturated carbocycles. The molecule has 0 spiro atoms. The molecule has 8 heteroatoms. The second kappa shape index (κ2) is 8.65. The third-order valence-corrected chi connectivity index (χ3v) is 5.01. The fourth-order valence-corrected chi connectivity index (χ4v) is 3.57. The fourth-order valence-electron chi connectivity index (χ4n) is 3.40. The van der Waals surface area contributed by atoms with Crippen LogP contribution in [-0.4, -0.2) is 34.4 Å². The molecule has 7 nitrogen and oxygen atoms in total. The molecule has 4 rings (SSSR count). The summed E-state index contributed by atoms with van der Waals surface area (Å²) in [5.41, 5.74) is 3.89. The van der Waals surface area contributed by atoms with Gasteiger partial charge in [0.15, 0.2) is 12.3 Å². The number of pyridine rings is 1. The Hall–Kier alpha value is -3.58. The van der Waals surface area contributed by atoms with Crippen LogP contribution in [0.3, 0.4) is 0 Å². The van der Waals surface area contributed by atoms with Crippen molar-refractivity contribution in [2.24, 2.45) is 0 Å². The van der Waals surface area contributed by atoms with E-state index in [-0.39, 0.29) is 12.5 Å². The number of anilines is 1. The number of nitrogens with zero attached hydrogens (tertiary/aromatic N) is 3. The monoisotopic (exact) mass is 436 g/mol. The van der Waals surface area contributed by atoms with E-state index in [0.717, 1.165) is 22.3 Å². The Morgan fingerprint density at radius 1 is 1.13 bits per heavy atom. The van der Waals surface area contributed by atoms with Gasteiger partial charge >= 0.3 is 0 Å². The molecule has 2 aromatic carbocycles. The van der Waals surface area contributed by atoms with Crippen molar-refractivity contribution in [1.82, 2.24) is 14.8 Å². The average molecular weight is 437 g/mol. The van der Waals surface area contributed by atoms with Crippen LogP contribution in [0.4, 0.5) is 5.69 Å². The summed E-state index contributed by atoms with van der Waals surface area (Å²) >= 11 is 6.01. The molecule has 0 unspecified atom stereocenters. The lowest BCUT2D eigenvalue weighted by atomic mass is 10.2.